The van der Waals surface area contributed by atoms with Crippen molar-refractivity contribution in [1.29, 1.82) is 0 Å². The van der Waals surface area contributed by atoms with Crippen LogP contribution in [0.5, 0.6) is 0 Å². The molecule has 0 bridgehead atoms. The molecule has 0 aliphatic heterocycles. The van der Waals surface area contributed by atoms with Crippen molar-refractivity contribution in [3.63, 3.8) is 0 Å². The fourth-order valence-electron chi connectivity index (χ4n) is 1.91. The lowest BCUT2D eigenvalue weighted by molar-refractivity contribution is 0.101. The summed E-state index contributed by atoms with van der Waals surface area (Å²) in [6.45, 7) is 1.47. The Bertz CT molecular complexity index is 813. The number of carbonyl (C=O) groups excluding carboxylic acids is 1. The summed E-state index contributed by atoms with van der Waals surface area (Å²) in [6.07, 6.45) is 5.96. The van der Waals surface area contributed by atoms with Gasteiger partial charge in [-0.15, -0.1) is 0 Å². The number of hydrogen-bond acceptors (Lipinski definition) is 4. The quantitative estimate of drug-likeness (QED) is 0.693. The maximum atomic E-state index is 13.2. The number of Topliss-reactive ketones (excluding diaryl/α,β-unsaturated/α-hetero) is 1. The second-order valence-corrected chi connectivity index (χ2v) is 4.50. The second kappa shape index (κ2) is 5.24. The average molecular weight is 282 g/mol. The van der Waals surface area contributed by atoms with Gasteiger partial charge in [0, 0.05) is 24.8 Å². The van der Waals surface area contributed by atoms with Gasteiger partial charge in [-0.05, 0) is 12.1 Å². The van der Waals surface area contributed by atoms with E-state index in [1.807, 2.05) is 0 Å². The molecule has 3 rings (SSSR count). The lowest BCUT2D eigenvalue weighted by Gasteiger charge is -2.00. The lowest BCUT2D eigenvalue weighted by Crippen LogP contribution is -1.97. The normalized spacial score (nSPS) is 10.6. The molecule has 0 spiro atoms. The first kappa shape index (κ1) is 13.1. The summed E-state index contributed by atoms with van der Waals surface area (Å²) in [4.78, 5) is 19.4. The van der Waals surface area contributed by atoms with E-state index in [1.54, 1.807) is 30.6 Å². The van der Waals surface area contributed by atoms with E-state index in [1.165, 1.54) is 23.9 Å². The largest absolute Gasteiger partial charge is 0.293 e. The van der Waals surface area contributed by atoms with Gasteiger partial charge in [0.2, 0.25) is 0 Å². The maximum Gasteiger partial charge on any atom is 0.178 e. The highest BCUT2D eigenvalue weighted by Crippen LogP contribution is 2.18. The smallest absolute Gasteiger partial charge is 0.178 e. The standard InChI is InChI=1S/C15H11FN4O/c1-10(21)14-3-2-4-15(19-14)11-6-18-20(9-11)13-5-12(16)7-17-8-13/h2-9H,1H3. The summed E-state index contributed by atoms with van der Waals surface area (Å²) in [7, 11) is 0. The van der Waals surface area contributed by atoms with Crippen LogP contribution < -0.4 is 0 Å². The van der Waals surface area contributed by atoms with E-state index in [4.69, 9.17) is 0 Å². The molecule has 0 aliphatic carbocycles. The van der Waals surface area contributed by atoms with Crippen LogP contribution in [0.4, 0.5) is 4.39 Å². The minimum atomic E-state index is -0.429. The molecule has 0 atom stereocenters. The average Bonchev–Trinajstić information content (AvgIpc) is 2.97. The van der Waals surface area contributed by atoms with Gasteiger partial charge in [-0.1, -0.05) is 6.07 Å². The van der Waals surface area contributed by atoms with E-state index in [9.17, 15) is 9.18 Å². The zero-order valence-corrected chi connectivity index (χ0v) is 11.2. The van der Waals surface area contributed by atoms with Crippen LogP contribution in [-0.2, 0) is 0 Å². The van der Waals surface area contributed by atoms with Crippen LogP contribution in [0.25, 0.3) is 16.9 Å². The van der Waals surface area contributed by atoms with Crippen molar-refractivity contribution in [2.45, 2.75) is 6.92 Å². The van der Waals surface area contributed by atoms with Gasteiger partial charge in [0.25, 0.3) is 0 Å². The number of aromatic nitrogens is 4. The van der Waals surface area contributed by atoms with Crippen molar-refractivity contribution in [3.05, 3.63) is 60.6 Å². The van der Waals surface area contributed by atoms with Crippen LogP contribution in [-0.4, -0.2) is 25.5 Å². The molecule has 21 heavy (non-hydrogen) atoms. The third-order valence-electron chi connectivity index (χ3n) is 2.94. The molecule has 0 saturated carbocycles. The summed E-state index contributed by atoms with van der Waals surface area (Å²) in [5.41, 5.74) is 2.29. The summed E-state index contributed by atoms with van der Waals surface area (Å²) in [6, 6.07) is 6.55. The number of hydrogen-bond donors (Lipinski definition) is 0. The molecule has 5 nitrogen and oxygen atoms in total. The fraction of sp³-hybridized carbons (Fsp3) is 0.0667. The zero-order valence-electron chi connectivity index (χ0n) is 11.2. The van der Waals surface area contributed by atoms with Gasteiger partial charge in [0.05, 0.1) is 30.0 Å². The number of ketones is 1. The third kappa shape index (κ3) is 2.69. The van der Waals surface area contributed by atoms with Crippen molar-refractivity contribution >= 4 is 5.78 Å². The Morgan fingerprint density at radius 1 is 1.24 bits per heavy atom. The molecule has 3 aromatic rings. The minimum absolute atomic E-state index is 0.0985. The van der Waals surface area contributed by atoms with Crippen LogP contribution in [0.1, 0.15) is 17.4 Å². The Morgan fingerprint density at radius 2 is 2.10 bits per heavy atom. The van der Waals surface area contributed by atoms with E-state index in [-0.39, 0.29) is 5.78 Å². The second-order valence-electron chi connectivity index (χ2n) is 4.50. The first-order chi connectivity index (χ1) is 10.1. The highest BCUT2D eigenvalue weighted by Gasteiger charge is 2.08. The summed E-state index contributed by atoms with van der Waals surface area (Å²) in [5.74, 6) is -0.528. The molecular weight excluding hydrogens is 271 g/mol. The number of carbonyl (C=O) groups is 1. The van der Waals surface area contributed by atoms with Crippen molar-refractivity contribution in [2.75, 3.05) is 0 Å². The summed E-state index contributed by atoms with van der Waals surface area (Å²) in [5, 5.41) is 4.16. The van der Waals surface area contributed by atoms with Crippen molar-refractivity contribution in [3.8, 4) is 16.9 Å². The fourth-order valence-corrected chi connectivity index (χ4v) is 1.91. The van der Waals surface area contributed by atoms with E-state index in [0.717, 1.165) is 11.8 Å². The number of rotatable bonds is 3. The molecule has 0 fully saturated rings. The molecule has 0 amide bonds. The van der Waals surface area contributed by atoms with Crippen LogP contribution in [0.2, 0.25) is 0 Å². The van der Waals surface area contributed by atoms with Crippen molar-refractivity contribution in [2.24, 2.45) is 0 Å². The number of nitrogens with zero attached hydrogens (tertiary/aromatic N) is 4. The first-order valence-electron chi connectivity index (χ1n) is 6.27. The maximum absolute atomic E-state index is 13.2. The Labute approximate surface area is 120 Å². The predicted molar refractivity (Wildman–Crippen MR) is 74.6 cm³/mol. The molecule has 104 valence electrons. The van der Waals surface area contributed by atoms with Gasteiger partial charge >= 0.3 is 0 Å². The number of pyridine rings is 2. The monoisotopic (exact) mass is 282 g/mol. The summed E-state index contributed by atoms with van der Waals surface area (Å²) >= 11 is 0. The molecule has 0 saturated heterocycles. The van der Waals surface area contributed by atoms with Gasteiger partial charge in [-0.3, -0.25) is 9.78 Å². The topological polar surface area (TPSA) is 60.7 Å². The molecule has 6 heteroatoms. The molecule has 0 aromatic carbocycles. The summed E-state index contributed by atoms with van der Waals surface area (Å²) < 4.78 is 14.7. The highest BCUT2D eigenvalue weighted by atomic mass is 19.1. The van der Waals surface area contributed by atoms with Crippen molar-refractivity contribution in [1.82, 2.24) is 19.7 Å². The molecular formula is C15H11FN4O. The molecule has 3 aromatic heterocycles. The van der Waals surface area contributed by atoms with Crippen molar-refractivity contribution < 1.29 is 9.18 Å². The van der Waals surface area contributed by atoms with Gasteiger partial charge in [0.15, 0.2) is 5.78 Å². The molecule has 0 aliphatic rings. The Balaban J connectivity index is 1.98. The van der Waals surface area contributed by atoms with Crippen LogP contribution >= 0.6 is 0 Å². The van der Waals surface area contributed by atoms with Gasteiger partial charge in [-0.2, -0.15) is 5.10 Å². The molecule has 0 unspecified atom stereocenters. The first-order valence-corrected chi connectivity index (χ1v) is 6.27. The van der Waals surface area contributed by atoms with Gasteiger partial charge in [0.1, 0.15) is 11.5 Å². The predicted octanol–water partition coefficient (Wildman–Crippen LogP) is 2.67. The van der Waals surface area contributed by atoms with E-state index in [0.29, 0.717) is 17.1 Å². The Morgan fingerprint density at radius 3 is 2.86 bits per heavy atom. The Kier molecular flexibility index (Phi) is 3.27. The SMILES string of the molecule is CC(=O)c1cccc(-c2cnn(-c3cncc(F)c3)c2)n1. The molecule has 0 N–H and O–H groups in total. The highest BCUT2D eigenvalue weighted by molar-refractivity contribution is 5.92. The van der Waals surface area contributed by atoms with Gasteiger partial charge in [-0.25, -0.2) is 14.1 Å². The minimum Gasteiger partial charge on any atom is -0.293 e. The molecule has 0 radical (unpaired) electrons. The van der Waals surface area contributed by atoms with Crippen LogP contribution in [0.15, 0.2) is 49.1 Å². The van der Waals surface area contributed by atoms with Crippen LogP contribution in [0, 0.1) is 5.82 Å². The van der Waals surface area contributed by atoms with E-state index < -0.39 is 5.82 Å². The Hall–Kier alpha value is -2.89. The van der Waals surface area contributed by atoms with Gasteiger partial charge < -0.3 is 0 Å². The van der Waals surface area contributed by atoms with E-state index >= 15 is 0 Å². The third-order valence-corrected chi connectivity index (χ3v) is 2.94. The van der Waals surface area contributed by atoms with E-state index in [2.05, 4.69) is 15.1 Å². The molecule has 3 heterocycles. The lowest BCUT2D eigenvalue weighted by atomic mass is 10.2. The van der Waals surface area contributed by atoms with Crippen LogP contribution in [0.3, 0.4) is 0 Å². The zero-order chi connectivity index (χ0) is 14.8. The number of halogens is 1.